The van der Waals surface area contributed by atoms with Gasteiger partial charge in [0.2, 0.25) is 0 Å². The SMILES string of the molecule is CCCCCCCCCCCCOC(=O)c1cc(O)c(O)c(O)c1.CCCOC(=O)c1cc(O)c(O)c(O)c1. The highest BCUT2D eigenvalue weighted by molar-refractivity contribution is 5.91. The molecule has 218 valence electrons. The van der Waals surface area contributed by atoms with E-state index in [1.165, 1.54) is 44.9 Å². The molecule has 0 saturated heterocycles. The summed E-state index contributed by atoms with van der Waals surface area (Å²) in [6.07, 6.45) is 12.7. The largest absolute Gasteiger partial charge is 0.504 e. The fourth-order valence-electron chi connectivity index (χ4n) is 3.56. The zero-order chi connectivity index (χ0) is 29.2. The fourth-order valence-corrected chi connectivity index (χ4v) is 3.56. The van der Waals surface area contributed by atoms with Crippen LogP contribution in [0.3, 0.4) is 0 Å². The number of carbonyl (C=O) groups is 2. The highest BCUT2D eigenvalue weighted by Crippen LogP contribution is 2.36. The molecular formula is C29H42O10. The number of benzene rings is 2. The van der Waals surface area contributed by atoms with Gasteiger partial charge in [0.05, 0.1) is 24.3 Å². The van der Waals surface area contributed by atoms with Gasteiger partial charge in [0, 0.05) is 0 Å². The first-order chi connectivity index (χ1) is 18.6. The number of ether oxygens (including phenoxy) is 2. The van der Waals surface area contributed by atoms with Crippen molar-refractivity contribution in [3.05, 3.63) is 35.4 Å². The summed E-state index contributed by atoms with van der Waals surface area (Å²) in [4.78, 5) is 23.1. The predicted molar refractivity (Wildman–Crippen MR) is 146 cm³/mol. The Morgan fingerprint density at radius 2 is 0.846 bits per heavy atom. The van der Waals surface area contributed by atoms with Crippen molar-refractivity contribution in [1.82, 2.24) is 0 Å². The second-order valence-electron chi connectivity index (χ2n) is 9.18. The van der Waals surface area contributed by atoms with Crippen LogP contribution in [0.15, 0.2) is 24.3 Å². The summed E-state index contributed by atoms with van der Waals surface area (Å²) >= 11 is 0. The van der Waals surface area contributed by atoms with Crippen LogP contribution in [0.5, 0.6) is 34.5 Å². The fraction of sp³-hybridized carbons (Fsp3) is 0.517. The van der Waals surface area contributed by atoms with Gasteiger partial charge < -0.3 is 40.1 Å². The second kappa shape index (κ2) is 18.4. The van der Waals surface area contributed by atoms with E-state index in [-0.39, 0.29) is 17.7 Å². The summed E-state index contributed by atoms with van der Waals surface area (Å²) in [5.74, 6) is -4.75. The van der Waals surface area contributed by atoms with E-state index in [1.807, 2.05) is 6.92 Å². The number of phenols is 6. The number of esters is 2. The third-order valence-corrected chi connectivity index (χ3v) is 5.78. The molecule has 0 bridgehead atoms. The average Bonchev–Trinajstić information content (AvgIpc) is 2.91. The number of carbonyl (C=O) groups excluding carboxylic acids is 2. The highest BCUT2D eigenvalue weighted by Gasteiger charge is 2.15. The van der Waals surface area contributed by atoms with E-state index < -0.39 is 46.4 Å². The Hall–Kier alpha value is -3.82. The van der Waals surface area contributed by atoms with Gasteiger partial charge in [0.15, 0.2) is 34.5 Å². The van der Waals surface area contributed by atoms with Crippen LogP contribution in [-0.2, 0) is 9.47 Å². The van der Waals surface area contributed by atoms with Crippen LogP contribution >= 0.6 is 0 Å². The summed E-state index contributed by atoms with van der Waals surface area (Å²) in [5, 5.41) is 55.3. The van der Waals surface area contributed by atoms with Crippen molar-refractivity contribution in [2.75, 3.05) is 13.2 Å². The Kier molecular flexibility index (Phi) is 15.7. The molecule has 0 spiro atoms. The molecule has 10 heteroatoms. The third-order valence-electron chi connectivity index (χ3n) is 5.78. The Labute approximate surface area is 229 Å². The first kappa shape index (κ1) is 33.2. The van der Waals surface area contributed by atoms with Gasteiger partial charge in [-0.3, -0.25) is 0 Å². The van der Waals surface area contributed by atoms with E-state index in [0.717, 1.165) is 43.5 Å². The van der Waals surface area contributed by atoms with E-state index >= 15 is 0 Å². The predicted octanol–water partition coefficient (Wildman–Crippen LogP) is 6.25. The van der Waals surface area contributed by atoms with E-state index in [1.54, 1.807) is 0 Å². The van der Waals surface area contributed by atoms with Crippen LogP contribution in [0.4, 0.5) is 0 Å². The zero-order valence-corrected chi connectivity index (χ0v) is 22.8. The van der Waals surface area contributed by atoms with Crippen molar-refractivity contribution in [2.24, 2.45) is 0 Å². The molecule has 0 fully saturated rings. The van der Waals surface area contributed by atoms with E-state index in [4.69, 9.17) is 24.8 Å². The molecule has 2 aromatic rings. The topological polar surface area (TPSA) is 174 Å². The minimum atomic E-state index is -0.651. The van der Waals surface area contributed by atoms with E-state index in [9.17, 15) is 24.9 Å². The Balaban J connectivity index is 0.000000434. The molecule has 0 unspecified atom stereocenters. The van der Waals surface area contributed by atoms with Crippen molar-refractivity contribution < 1.29 is 49.7 Å². The molecule has 0 aliphatic carbocycles. The van der Waals surface area contributed by atoms with Gasteiger partial charge in [-0.05, 0) is 37.1 Å². The van der Waals surface area contributed by atoms with Gasteiger partial charge in [-0.15, -0.1) is 0 Å². The minimum Gasteiger partial charge on any atom is -0.504 e. The molecule has 10 nitrogen and oxygen atoms in total. The van der Waals surface area contributed by atoms with Crippen LogP contribution in [0.2, 0.25) is 0 Å². The van der Waals surface area contributed by atoms with Crippen LogP contribution < -0.4 is 0 Å². The quantitative estimate of drug-likeness (QED) is 0.0844. The average molecular weight is 551 g/mol. The van der Waals surface area contributed by atoms with Crippen molar-refractivity contribution in [3.63, 3.8) is 0 Å². The Morgan fingerprint density at radius 3 is 1.21 bits per heavy atom. The molecule has 0 aliphatic rings. The minimum absolute atomic E-state index is 0.00347. The lowest BCUT2D eigenvalue weighted by Gasteiger charge is -2.07. The van der Waals surface area contributed by atoms with Gasteiger partial charge in [-0.25, -0.2) is 9.59 Å². The number of aromatic hydroxyl groups is 6. The monoisotopic (exact) mass is 550 g/mol. The molecule has 2 rings (SSSR count). The number of phenolic OH excluding ortho intramolecular Hbond substituents is 6. The molecule has 0 radical (unpaired) electrons. The van der Waals surface area contributed by atoms with Crippen LogP contribution in [-0.4, -0.2) is 55.8 Å². The lowest BCUT2D eigenvalue weighted by atomic mass is 10.1. The summed E-state index contributed by atoms with van der Waals surface area (Å²) in [7, 11) is 0. The lowest BCUT2D eigenvalue weighted by molar-refractivity contribution is 0.0490. The van der Waals surface area contributed by atoms with Gasteiger partial charge in [0.25, 0.3) is 0 Å². The number of rotatable bonds is 15. The smallest absolute Gasteiger partial charge is 0.338 e. The van der Waals surface area contributed by atoms with E-state index in [0.29, 0.717) is 13.0 Å². The Morgan fingerprint density at radius 1 is 0.513 bits per heavy atom. The summed E-state index contributed by atoms with van der Waals surface area (Å²) in [6, 6.07) is 4.23. The molecule has 39 heavy (non-hydrogen) atoms. The first-order valence-corrected chi connectivity index (χ1v) is 13.5. The molecule has 6 N–H and O–H groups in total. The number of unbranched alkanes of at least 4 members (excludes halogenated alkanes) is 9. The summed E-state index contributed by atoms with van der Waals surface area (Å²) < 4.78 is 9.89. The van der Waals surface area contributed by atoms with Gasteiger partial charge in [-0.1, -0.05) is 71.6 Å². The summed E-state index contributed by atoms with van der Waals surface area (Å²) in [6.45, 7) is 4.65. The molecule has 0 atom stereocenters. The number of hydrogen-bond donors (Lipinski definition) is 6. The van der Waals surface area contributed by atoms with Crippen molar-refractivity contribution >= 4 is 11.9 Å². The molecule has 0 aromatic heterocycles. The zero-order valence-electron chi connectivity index (χ0n) is 22.8. The standard InChI is InChI=1S/C19H30O5.C10H12O5/c1-2-3-4-5-6-7-8-9-10-11-12-24-19(23)15-13-16(20)18(22)17(21)14-15;1-2-3-15-10(14)6-4-7(11)9(13)8(12)5-6/h13-14,20-22H,2-12H2,1H3;4-5,11-13H,2-3H2,1H3. The molecule has 0 aliphatic heterocycles. The third kappa shape index (κ3) is 12.5. The molecule has 0 amide bonds. The van der Waals surface area contributed by atoms with Gasteiger partial charge in [0.1, 0.15) is 0 Å². The van der Waals surface area contributed by atoms with Crippen LogP contribution in [0, 0.1) is 0 Å². The van der Waals surface area contributed by atoms with Crippen LogP contribution in [0.25, 0.3) is 0 Å². The highest BCUT2D eigenvalue weighted by atomic mass is 16.5. The van der Waals surface area contributed by atoms with E-state index in [2.05, 4.69) is 6.92 Å². The van der Waals surface area contributed by atoms with Crippen molar-refractivity contribution in [3.8, 4) is 34.5 Å². The van der Waals surface area contributed by atoms with Crippen molar-refractivity contribution in [2.45, 2.75) is 84.5 Å². The molecular weight excluding hydrogens is 508 g/mol. The maximum atomic E-state index is 11.8. The van der Waals surface area contributed by atoms with Gasteiger partial charge >= 0.3 is 11.9 Å². The first-order valence-electron chi connectivity index (χ1n) is 13.5. The normalized spacial score (nSPS) is 10.4. The summed E-state index contributed by atoms with van der Waals surface area (Å²) in [5.41, 5.74) is 0.0196. The molecule has 0 heterocycles. The molecule has 0 saturated carbocycles. The van der Waals surface area contributed by atoms with Crippen molar-refractivity contribution in [1.29, 1.82) is 0 Å². The Bertz CT molecular complexity index is 989. The molecule has 2 aromatic carbocycles. The van der Waals surface area contributed by atoms with Crippen LogP contribution in [0.1, 0.15) is 105 Å². The lowest BCUT2D eigenvalue weighted by Crippen LogP contribution is -2.06. The number of hydrogen-bond acceptors (Lipinski definition) is 10. The van der Waals surface area contributed by atoms with Gasteiger partial charge in [-0.2, -0.15) is 0 Å². The maximum absolute atomic E-state index is 11.8. The second-order valence-corrected chi connectivity index (χ2v) is 9.18. The maximum Gasteiger partial charge on any atom is 0.338 e.